The summed E-state index contributed by atoms with van der Waals surface area (Å²) in [5.41, 5.74) is 0.429. The van der Waals surface area contributed by atoms with Crippen LogP contribution >= 0.6 is 15.9 Å². The number of nitro benzene ring substituents is 1. The molecule has 5 nitrogen and oxygen atoms in total. The Hall–Kier alpha value is -2.46. The van der Waals surface area contributed by atoms with Gasteiger partial charge in [-0.1, -0.05) is 22.0 Å². The third-order valence-corrected chi connectivity index (χ3v) is 3.46. The molecule has 2 aromatic carbocycles. The van der Waals surface area contributed by atoms with Crippen LogP contribution < -0.4 is 4.74 Å². The SMILES string of the molecule is N#Cc1c(F)cccc1OCc1ccc([N+](=O)[O-])cc1Br. The average Bonchev–Trinajstić information content (AvgIpc) is 2.45. The molecule has 0 saturated heterocycles. The number of hydrogen-bond acceptors (Lipinski definition) is 4. The molecule has 0 unspecified atom stereocenters. The first-order valence-corrected chi connectivity index (χ1v) is 6.56. The Kier molecular flexibility index (Phi) is 4.50. The van der Waals surface area contributed by atoms with E-state index in [9.17, 15) is 14.5 Å². The number of ether oxygens (including phenoxy) is 1. The van der Waals surface area contributed by atoms with Gasteiger partial charge in [-0.25, -0.2) is 4.39 Å². The zero-order valence-corrected chi connectivity index (χ0v) is 12.1. The number of benzene rings is 2. The van der Waals surface area contributed by atoms with Crippen LogP contribution in [0.4, 0.5) is 10.1 Å². The number of nitro groups is 1. The highest BCUT2D eigenvalue weighted by atomic mass is 79.9. The van der Waals surface area contributed by atoms with E-state index < -0.39 is 10.7 Å². The monoisotopic (exact) mass is 350 g/mol. The number of rotatable bonds is 4. The maximum absolute atomic E-state index is 13.4. The van der Waals surface area contributed by atoms with Crippen molar-refractivity contribution in [3.63, 3.8) is 0 Å². The van der Waals surface area contributed by atoms with E-state index in [0.717, 1.165) is 0 Å². The fourth-order valence-corrected chi connectivity index (χ4v) is 2.14. The van der Waals surface area contributed by atoms with Gasteiger partial charge in [-0.15, -0.1) is 0 Å². The van der Waals surface area contributed by atoms with Gasteiger partial charge in [0, 0.05) is 22.2 Å². The minimum Gasteiger partial charge on any atom is -0.487 e. The predicted molar refractivity (Wildman–Crippen MR) is 76.2 cm³/mol. The second-order valence-electron chi connectivity index (χ2n) is 4.05. The van der Waals surface area contributed by atoms with Gasteiger partial charge in [0.25, 0.3) is 5.69 Å². The number of nitriles is 1. The van der Waals surface area contributed by atoms with Crippen LogP contribution in [0.25, 0.3) is 0 Å². The van der Waals surface area contributed by atoms with Crippen molar-refractivity contribution in [2.24, 2.45) is 0 Å². The minimum atomic E-state index is -0.655. The summed E-state index contributed by atoms with van der Waals surface area (Å²) < 4.78 is 19.3. The van der Waals surface area contributed by atoms with Crippen molar-refractivity contribution in [3.05, 3.63) is 67.9 Å². The highest BCUT2D eigenvalue weighted by Crippen LogP contribution is 2.26. The Morgan fingerprint density at radius 3 is 2.76 bits per heavy atom. The van der Waals surface area contributed by atoms with Crippen LogP contribution in [-0.4, -0.2) is 4.92 Å². The van der Waals surface area contributed by atoms with E-state index in [1.807, 2.05) is 0 Å². The van der Waals surface area contributed by atoms with E-state index in [1.54, 1.807) is 6.07 Å². The van der Waals surface area contributed by atoms with Crippen molar-refractivity contribution >= 4 is 21.6 Å². The lowest BCUT2D eigenvalue weighted by molar-refractivity contribution is -0.384. The van der Waals surface area contributed by atoms with E-state index in [4.69, 9.17) is 10.00 Å². The predicted octanol–water partition coefficient (Wildman–Crippen LogP) is 3.95. The van der Waals surface area contributed by atoms with Crippen LogP contribution in [0, 0.1) is 27.3 Å². The normalized spacial score (nSPS) is 9.95. The molecule has 0 aliphatic carbocycles. The van der Waals surface area contributed by atoms with Gasteiger partial charge in [0.2, 0.25) is 0 Å². The molecule has 0 aromatic heterocycles. The molecule has 2 aromatic rings. The second kappa shape index (κ2) is 6.33. The summed E-state index contributed by atoms with van der Waals surface area (Å²) >= 11 is 3.22. The van der Waals surface area contributed by atoms with Gasteiger partial charge in [0.05, 0.1) is 4.92 Å². The zero-order chi connectivity index (χ0) is 15.4. The molecule has 7 heteroatoms. The molecule has 0 fully saturated rings. The second-order valence-corrected chi connectivity index (χ2v) is 4.90. The van der Waals surface area contributed by atoms with E-state index in [-0.39, 0.29) is 23.6 Å². The van der Waals surface area contributed by atoms with Crippen molar-refractivity contribution in [2.45, 2.75) is 6.61 Å². The quantitative estimate of drug-likeness (QED) is 0.617. The fraction of sp³-hybridized carbons (Fsp3) is 0.0714. The summed E-state index contributed by atoms with van der Waals surface area (Å²) in [6.07, 6.45) is 0. The van der Waals surface area contributed by atoms with Crippen molar-refractivity contribution in [1.82, 2.24) is 0 Å². The third kappa shape index (κ3) is 3.35. The molecular formula is C14H8BrFN2O3. The van der Waals surface area contributed by atoms with Crippen molar-refractivity contribution < 1.29 is 14.1 Å². The fourth-order valence-electron chi connectivity index (χ4n) is 1.66. The Bertz CT molecular complexity index is 743. The molecule has 21 heavy (non-hydrogen) atoms. The molecule has 106 valence electrons. The molecule has 0 bridgehead atoms. The minimum absolute atomic E-state index is 0.0471. The largest absolute Gasteiger partial charge is 0.487 e. The third-order valence-electron chi connectivity index (χ3n) is 2.72. The van der Waals surface area contributed by atoms with Gasteiger partial charge in [-0.2, -0.15) is 5.26 Å². The molecule has 0 atom stereocenters. The lowest BCUT2D eigenvalue weighted by Crippen LogP contribution is -2.00. The number of halogens is 2. The highest BCUT2D eigenvalue weighted by Gasteiger charge is 2.12. The highest BCUT2D eigenvalue weighted by molar-refractivity contribution is 9.10. The summed E-state index contributed by atoms with van der Waals surface area (Å²) in [6.45, 7) is 0.0523. The van der Waals surface area contributed by atoms with Crippen LogP contribution in [0.2, 0.25) is 0 Å². The molecule has 0 N–H and O–H groups in total. The summed E-state index contributed by atoms with van der Waals surface area (Å²) in [5.74, 6) is -0.527. The summed E-state index contributed by atoms with van der Waals surface area (Å²) in [4.78, 5) is 10.1. The first-order valence-electron chi connectivity index (χ1n) is 5.77. The summed E-state index contributed by atoms with van der Waals surface area (Å²) in [7, 11) is 0. The van der Waals surface area contributed by atoms with Crippen LogP contribution in [0.15, 0.2) is 40.9 Å². The van der Waals surface area contributed by atoms with Crippen LogP contribution in [0.1, 0.15) is 11.1 Å². The molecule has 0 heterocycles. The van der Waals surface area contributed by atoms with Gasteiger partial charge in [-0.05, 0) is 18.2 Å². The van der Waals surface area contributed by atoms with Gasteiger partial charge in [0.15, 0.2) is 0 Å². The van der Waals surface area contributed by atoms with E-state index >= 15 is 0 Å². The Morgan fingerprint density at radius 2 is 2.14 bits per heavy atom. The Balaban J connectivity index is 2.20. The smallest absolute Gasteiger partial charge is 0.270 e. The molecule has 0 spiro atoms. The Morgan fingerprint density at radius 1 is 1.38 bits per heavy atom. The summed E-state index contributed by atoms with van der Waals surface area (Å²) in [5, 5.41) is 19.5. The maximum Gasteiger partial charge on any atom is 0.270 e. The van der Waals surface area contributed by atoms with Gasteiger partial charge >= 0.3 is 0 Å². The Labute approximate surface area is 127 Å². The number of hydrogen-bond donors (Lipinski definition) is 0. The van der Waals surface area contributed by atoms with Gasteiger partial charge in [-0.3, -0.25) is 10.1 Å². The molecule has 0 aliphatic heterocycles. The van der Waals surface area contributed by atoms with E-state index in [2.05, 4.69) is 15.9 Å². The standard InChI is InChI=1S/C14H8BrFN2O3/c15-12-6-10(18(19)20)5-4-9(12)8-21-14-3-1-2-13(16)11(14)7-17/h1-6H,8H2. The lowest BCUT2D eigenvalue weighted by Gasteiger charge is -2.09. The maximum atomic E-state index is 13.4. The van der Waals surface area contributed by atoms with Crippen LogP contribution in [-0.2, 0) is 6.61 Å². The van der Waals surface area contributed by atoms with Crippen molar-refractivity contribution in [2.75, 3.05) is 0 Å². The molecule has 0 saturated carbocycles. The summed E-state index contributed by atoms with van der Waals surface area (Å²) in [6, 6.07) is 10.1. The molecule has 0 aliphatic rings. The van der Waals surface area contributed by atoms with Crippen molar-refractivity contribution in [1.29, 1.82) is 5.26 Å². The first kappa shape index (κ1) is 14.9. The first-order chi connectivity index (χ1) is 10.0. The van der Waals surface area contributed by atoms with E-state index in [1.165, 1.54) is 36.4 Å². The lowest BCUT2D eigenvalue weighted by atomic mass is 10.2. The van der Waals surface area contributed by atoms with Crippen LogP contribution in [0.3, 0.4) is 0 Å². The number of nitrogens with zero attached hydrogens (tertiary/aromatic N) is 2. The average molecular weight is 351 g/mol. The molecule has 0 amide bonds. The zero-order valence-electron chi connectivity index (χ0n) is 10.5. The molecular weight excluding hydrogens is 343 g/mol. The topological polar surface area (TPSA) is 76.2 Å². The van der Waals surface area contributed by atoms with Gasteiger partial charge < -0.3 is 4.74 Å². The molecule has 2 rings (SSSR count). The van der Waals surface area contributed by atoms with Gasteiger partial charge in [0.1, 0.15) is 29.8 Å². The van der Waals surface area contributed by atoms with Crippen molar-refractivity contribution in [3.8, 4) is 11.8 Å². The van der Waals surface area contributed by atoms with Crippen LogP contribution in [0.5, 0.6) is 5.75 Å². The molecule has 0 radical (unpaired) electrons. The van der Waals surface area contributed by atoms with E-state index in [0.29, 0.717) is 10.0 Å². The number of non-ortho nitro benzene ring substituents is 1.